The topological polar surface area (TPSA) is 71.0 Å². The van der Waals surface area contributed by atoms with Crippen molar-refractivity contribution in [2.24, 2.45) is 0 Å². The van der Waals surface area contributed by atoms with Crippen LogP contribution in [0.15, 0.2) is 48.5 Å². The average molecular weight is 441 g/mol. The summed E-state index contributed by atoms with van der Waals surface area (Å²) in [7, 11) is 0. The number of anilines is 1. The number of ether oxygens (including phenoxy) is 2. The van der Waals surface area contributed by atoms with E-state index in [1.807, 2.05) is 4.90 Å². The molecular formula is C21H23ClF2N2O4. The maximum atomic E-state index is 12.4. The molecule has 1 aliphatic heterocycles. The molecule has 1 saturated heterocycles. The van der Waals surface area contributed by atoms with E-state index in [4.69, 9.17) is 16.3 Å². The Labute approximate surface area is 178 Å². The van der Waals surface area contributed by atoms with E-state index in [-0.39, 0.29) is 18.2 Å². The maximum Gasteiger partial charge on any atom is 0.387 e. The van der Waals surface area contributed by atoms with Gasteiger partial charge in [0.05, 0.1) is 6.54 Å². The van der Waals surface area contributed by atoms with Gasteiger partial charge in [0, 0.05) is 23.8 Å². The lowest BCUT2D eigenvalue weighted by atomic mass is 9.90. The monoisotopic (exact) mass is 440 g/mol. The van der Waals surface area contributed by atoms with E-state index < -0.39 is 18.3 Å². The second-order valence-corrected chi connectivity index (χ2v) is 7.79. The minimum Gasteiger partial charge on any atom is -0.486 e. The number of hydrogen-bond donors (Lipinski definition) is 2. The number of amides is 1. The van der Waals surface area contributed by atoms with E-state index in [2.05, 4.69) is 10.1 Å². The molecule has 0 radical (unpaired) electrons. The highest BCUT2D eigenvalue weighted by Gasteiger charge is 2.39. The van der Waals surface area contributed by atoms with Crippen LogP contribution in [0.3, 0.4) is 0 Å². The van der Waals surface area contributed by atoms with E-state index in [1.54, 1.807) is 31.2 Å². The molecule has 2 N–H and O–H groups in total. The quantitative estimate of drug-likeness (QED) is 0.685. The number of piperidine rings is 1. The Hall–Kier alpha value is -2.42. The molecule has 6 nitrogen and oxygen atoms in total. The van der Waals surface area contributed by atoms with Crippen molar-refractivity contribution in [1.29, 1.82) is 0 Å². The maximum absolute atomic E-state index is 12.4. The van der Waals surface area contributed by atoms with Crippen molar-refractivity contribution in [3.05, 3.63) is 53.6 Å². The van der Waals surface area contributed by atoms with Crippen molar-refractivity contribution in [2.75, 3.05) is 25.0 Å². The van der Waals surface area contributed by atoms with Crippen molar-refractivity contribution in [3.63, 3.8) is 0 Å². The van der Waals surface area contributed by atoms with Crippen molar-refractivity contribution < 1.29 is 28.2 Å². The van der Waals surface area contributed by atoms with Crippen LogP contribution in [0, 0.1) is 0 Å². The molecule has 0 aromatic heterocycles. The van der Waals surface area contributed by atoms with Gasteiger partial charge in [-0.15, -0.1) is 0 Å². The van der Waals surface area contributed by atoms with Gasteiger partial charge in [-0.1, -0.05) is 17.7 Å². The molecule has 1 amide bonds. The van der Waals surface area contributed by atoms with Crippen LogP contribution in [-0.2, 0) is 4.79 Å². The summed E-state index contributed by atoms with van der Waals surface area (Å²) in [6.45, 7) is -0.210. The summed E-state index contributed by atoms with van der Waals surface area (Å²) >= 11 is 5.99. The smallest absolute Gasteiger partial charge is 0.387 e. The molecular weight excluding hydrogens is 418 g/mol. The minimum atomic E-state index is -2.90. The zero-order valence-electron chi connectivity index (χ0n) is 16.4. The predicted octanol–water partition coefficient (Wildman–Crippen LogP) is 3.78. The fourth-order valence-corrected chi connectivity index (χ4v) is 3.38. The predicted molar refractivity (Wildman–Crippen MR) is 109 cm³/mol. The lowest BCUT2D eigenvalue weighted by Crippen LogP contribution is -2.57. The molecule has 3 rings (SSSR count). The van der Waals surface area contributed by atoms with Gasteiger partial charge in [0.25, 0.3) is 0 Å². The highest BCUT2D eigenvalue weighted by atomic mass is 35.5. The van der Waals surface area contributed by atoms with E-state index >= 15 is 0 Å². The first kappa shape index (κ1) is 22.3. The summed E-state index contributed by atoms with van der Waals surface area (Å²) in [5.74, 6) is 0.299. The standard InChI is InChI=1S/C21H23ClF2N2O4/c1-21(28)9-10-26(12-18(21)29-17-4-2-3-14(22)11-17)13-19(27)25-15-5-7-16(8-6-15)30-20(23)24/h2-8,11,18,20,28H,9-10,12-13H2,1H3,(H,25,27)/t18-,21-/m0/s1. The number of likely N-dealkylation sites (tertiary alicyclic amines) is 1. The fraction of sp³-hybridized carbons (Fsp3) is 0.381. The summed E-state index contributed by atoms with van der Waals surface area (Å²) in [6.07, 6.45) is -0.103. The van der Waals surface area contributed by atoms with Crippen molar-refractivity contribution >= 4 is 23.2 Å². The van der Waals surface area contributed by atoms with Crippen LogP contribution in [0.5, 0.6) is 11.5 Å². The molecule has 0 saturated carbocycles. The van der Waals surface area contributed by atoms with Crippen LogP contribution < -0.4 is 14.8 Å². The van der Waals surface area contributed by atoms with Crippen molar-refractivity contribution in [3.8, 4) is 11.5 Å². The van der Waals surface area contributed by atoms with Crippen LogP contribution in [-0.4, -0.2) is 53.9 Å². The van der Waals surface area contributed by atoms with Gasteiger partial charge in [0.1, 0.15) is 23.2 Å². The summed E-state index contributed by atoms with van der Waals surface area (Å²) in [5, 5.41) is 13.9. The van der Waals surface area contributed by atoms with Gasteiger partial charge in [0.15, 0.2) is 0 Å². The first-order valence-corrected chi connectivity index (χ1v) is 9.81. The molecule has 1 aliphatic rings. The molecule has 162 valence electrons. The number of alkyl halides is 2. The van der Waals surface area contributed by atoms with Gasteiger partial charge < -0.3 is 19.9 Å². The second-order valence-electron chi connectivity index (χ2n) is 7.36. The third-order valence-corrected chi connectivity index (χ3v) is 5.09. The first-order chi connectivity index (χ1) is 14.2. The van der Waals surface area contributed by atoms with Crippen LogP contribution in [0.25, 0.3) is 0 Å². The van der Waals surface area contributed by atoms with Gasteiger partial charge in [0.2, 0.25) is 5.91 Å². The number of carbonyl (C=O) groups is 1. The van der Waals surface area contributed by atoms with Gasteiger partial charge in [-0.25, -0.2) is 0 Å². The van der Waals surface area contributed by atoms with Crippen molar-refractivity contribution in [1.82, 2.24) is 4.90 Å². The number of carbonyl (C=O) groups excluding carboxylic acids is 1. The van der Waals surface area contributed by atoms with Crippen LogP contribution in [0.2, 0.25) is 5.02 Å². The molecule has 0 unspecified atom stereocenters. The lowest BCUT2D eigenvalue weighted by molar-refractivity contribution is -0.122. The summed E-state index contributed by atoms with van der Waals surface area (Å²) in [6, 6.07) is 12.6. The van der Waals surface area contributed by atoms with E-state index in [0.717, 1.165) is 0 Å². The van der Waals surface area contributed by atoms with E-state index in [9.17, 15) is 18.7 Å². The SMILES string of the molecule is C[C@]1(O)CCN(CC(=O)Nc2ccc(OC(F)F)cc2)C[C@@H]1Oc1cccc(Cl)c1. The number of nitrogens with zero attached hydrogens (tertiary/aromatic N) is 1. The molecule has 1 heterocycles. The third kappa shape index (κ3) is 6.29. The Morgan fingerprint density at radius 2 is 2.03 bits per heavy atom. The summed E-state index contributed by atoms with van der Waals surface area (Å²) < 4.78 is 34.6. The molecule has 0 spiro atoms. The minimum absolute atomic E-state index is 0.0160. The van der Waals surface area contributed by atoms with Crippen molar-refractivity contribution in [2.45, 2.75) is 31.7 Å². The van der Waals surface area contributed by atoms with Crippen LogP contribution in [0.1, 0.15) is 13.3 Å². The Balaban J connectivity index is 1.56. The number of aliphatic hydroxyl groups is 1. The third-order valence-electron chi connectivity index (χ3n) is 4.86. The highest BCUT2D eigenvalue weighted by Crippen LogP contribution is 2.28. The molecule has 30 heavy (non-hydrogen) atoms. The zero-order valence-corrected chi connectivity index (χ0v) is 17.1. The van der Waals surface area contributed by atoms with Gasteiger partial charge in [-0.05, 0) is 55.8 Å². The molecule has 0 bridgehead atoms. The number of halogens is 3. The van der Waals surface area contributed by atoms with Gasteiger partial charge in [-0.3, -0.25) is 9.69 Å². The Kier molecular flexibility index (Phi) is 7.12. The normalized spacial score (nSPS) is 22.0. The molecule has 2 atom stereocenters. The number of hydrogen-bond acceptors (Lipinski definition) is 5. The Morgan fingerprint density at radius 3 is 2.70 bits per heavy atom. The van der Waals surface area contributed by atoms with Crippen LogP contribution in [0.4, 0.5) is 14.5 Å². The number of benzene rings is 2. The summed E-state index contributed by atoms with van der Waals surface area (Å²) in [4.78, 5) is 14.3. The van der Waals surface area contributed by atoms with E-state index in [1.165, 1.54) is 24.3 Å². The fourth-order valence-electron chi connectivity index (χ4n) is 3.20. The molecule has 9 heteroatoms. The largest absolute Gasteiger partial charge is 0.486 e. The molecule has 2 aromatic rings. The zero-order chi connectivity index (χ0) is 21.7. The Bertz CT molecular complexity index is 864. The molecule has 0 aliphatic carbocycles. The molecule has 1 fully saturated rings. The average Bonchev–Trinajstić information content (AvgIpc) is 2.66. The lowest BCUT2D eigenvalue weighted by Gasteiger charge is -2.42. The van der Waals surface area contributed by atoms with Gasteiger partial charge >= 0.3 is 6.61 Å². The highest BCUT2D eigenvalue weighted by molar-refractivity contribution is 6.30. The van der Waals surface area contributed by atoms with E-state index in [0.29, 0.717) is 36.0 Å². The molecule has 2 aromatic carbocycles. The van der Waals surface area contributed by atoms with Crippen LogP contribution >= 0.6 is 11.6 Å². The first-order valence-electron chi connectivity index (χ1n) is 9.43. The summed E-state index contributed by atoms with van der Waals surface area (Å²) in [5.41, 5.74) is -0.576. The van der Waals surface area contributed by atoms with Gasteiger partial charge in [-0.2, -0.15) is 8.78 Å². The number of rotatable bonds is 7. The number of nitrogens with one attached hydrogen (secondary N) is 1. The second kappa shape index (κ2) is 9.59. The Morgan fingerprint density at radius 1 is 1.30 bits per heavy atom.